The number of ether oxygens (including phenoxy) is 1. The van der Waals surface area contributed by atoms with Gasteiger partial charge in [-0.3, -0.25) is 9.80 Å². The number of rotatable bonds is 14. The van der Waals surface area contributed by atoms with Crippen molar-refractivity contribution >= 4 is 11.6 Å². The third-order valence-electron chi connectivity index (χ3n) is 7.25. The first kappa shape index (κ1) is 29.3. The molecule has 208 valence electrons. The molecule has 5 nitrogen and oxygen atoms in total. The third-order valence-corrected chi connectivity index (χ3v) is 7.70. The lowest BCUT2D eigenvalue weighted by Gasteiger charge is -2.29. The zero-order chi connectivity index (χ0) is 27.7. The Morgan fingerprint density at radius 1 is 1.05 bits per heavy atom. The summed E-state index contributed by atoms with van der Waals surface area (Å²) < 4.78 is 34.5. The van der Waals surface area contributed by atoms with E-state index in [1.165, 1.54) is 17.2 Å². The number of hydrogen-bond acceptors (Lipinski definition) is 5. The van der Waals surface area contributed by atoms with Crippen LogP contribution in [0.5, 0.6) is 0 Å². The molecule has 0 N–H and O–H groups in total. The predicted octanol–water partition coefficient (Wildman–Crippen LogP) is 7.29. The maximum Gasteiger partial charge on any atom is 0.271 e. The second-order valence-corrected chi connectivity index (χ2v) is 10.6. The largest absolute Gasteiger partial charge is 0.377 e. The van der Waals surface area contributed by atoms with Gasteiger partial charge in [0.2, 0.25) is 0 Å². The van der Waals surface area contributed by atoms with Gasteiger partial charge >= 0.3 is 0 Å². The zero-order valence-electron chi connectivity index (χ0n) is 22.3. The second-order valence-electron chi connectivity index (χ2n) is 10.3. The lowest BCUT2D eigenvalue weighted by molar-refractivity contribution is 0.0174. The molecule has 3 aromatic rings. The lowest BCUT2D eigenvalue weighted by atomic mass is 9.90. The Labute approximate surface area is 234 Å². The summed E-state index contributed by atoms with van der Waals surface area (Å²) in [4.78, 5) is 14.8. The number of alkyl halides is 2. The third kappa shape index (κ3) is 8.39. The van der Waals surface area contributed by atoms with Gasteiger partial charge in [0.25, 0.3) is 5.92 Å². The number of likely N-dealkylation sites (tertiary alicyclic amines) is 1. The summed E-state index contributed by atoms with van der Waals surface area (Å²) in [6.45, 7) is 5.04. The molecule has 0 spiro atoms. The summed E-state index contributed by atoms with van der Waals surface area (Å²) in [7, 11) is 0. The minimum atomic E-state index is -3.02. The standard InChI is InChI=1S/C31H36ClF2N3O2/c1-31(33,34)29-15-8-14-26(30(29)32)20-36(17-9-19-39-27-16-18-37(21-27)23-35-38)22-28(24-10-4-2-5-11-24)25-12-6-3-7-13-25/h2-8,10-15,27-28H,9,16-23H2,1H3. The molecule has 1 heterocycles. The van der Waals surface area contributed by atoms with E-state index in [-0.39, 0.29) is 29.3 Å². The van der Waals surface area contributed by atoms with Gasteiger partial charge in [-0.1, -0.05) is 95.6 Å². The Kier molecular flexibility index (Phi) is 10.6. The van der Waals surface area contributed by atoms with E-state index >= 15 is 0 Å². The molecule has 0 saturated carbocycles. The van der Waals surface area contributed by atoms with Gasteiger partial charge < -0.3 is 4.74 Å². The number of halogens is 3. The molecule has 8 heteroatoms. The van der Waals surface area contributed by atoms with Crippen LogP contribution in [-0.2, 0) is 17.2 Å². The number of benzene rings is 3. The molecule has 3 aromatic carbocycles. The first-order chi connectivity index (χ1) is 18.8. The minimum Gasteiger partial charge on any atom is -0.377 e. The smallest absolute Gasteiger partial charge is 0.271 e. The minimum absolute atomic E-state index is 0.0968. The zero-order valence-corrected chi connectivity index (χ0v) is 23.1. The molecule has 0 aliphatic carbocycles. The summed E-state index contributed by atoms with van der Waals surface area (Å²) in [6, 6.07) is 25.6. The van der Waals surface area contributed by atoms with Crippen LogP contribution >= 0.6 is 11.6 Å². The van der Waals surface area contributed by atoms with Gasteiger partial charge in [-0.05, 0) is 29.5 Å². The summed E-state index contributed by atoms with van der Waals surface area (Å²) in [5.74, 6) is -2.92. The van der Waals surface area contributed by atoms with Crippen LogP contribution in [0.3, 0.4) is 0 Å². The van der Waals surface area contributed by atoms with Crippen molar-refractivity contribution in [3.05, 3.63) is 111 Å². The molecule has 39 heavy (non-hydrogen) atoms. The van der Waals surface area contributed by atoms with Gasteiger partial charge in [-0.25, -0.2) is 8.78 Å². The Bertz CT molecular complexity index is 1140. The number of nitrogens with zero attached hydrogens (tertiary/aromatic N) is 3. The first-order valence-electron chi connectivity index (χ1n) is 13.5. The van der Waals surface area contributed by atoms with Crippen LogP contribution in [0.4, 0.5) is 8.78 Å². The SMILES string of the molecule is CC(F)(F)c1cccc(CN(CCCOC2CCN(CN=O)C2)CC(c2ccccc2)c2ccccc2)c1Cl. The van der Waals surface area contributed by atoms with Crippen LogP contribution in [0.15, 0.2) is 84.0 Å². The molecule has 1 atom stereocenters. The van der Waals surface area contributed by atoms with Crippen LogP contribution in [-0.4, -0.2) is 55.4 Å². The molecule has 1 aliphatic heterocycles. The highest BCUT2D eigenvalue weighted by Gasteiger charge is 2.29. The van der Waals surface area contributed by atoms with E-state index in [0.717, 1.165) is 26.3 Å². The van der Waals surface area contributed by atoms with Crippen LogP contribution in [0.2, 0.25) is 5.02 Å². The molecular formula is C31H36ClF2N3O2. The van der Waals surface area contributed by atoms with E-state index in [0.29, 0.717) is 38.3 Å². The molecule has 0 aromatic heterocycles. The van der Waals surface area contributed by atoms with E-state index in [9.17, 15) is 13.7 Å². The Morgan fingerprint density at radius 3 is 2.33 bits per heavy atom. The highest BCUT2D eigenvalue weighted by Crippen LogP contribution is 2.35. The maximum absolute atomic E-state index is 14.2. The van der Waals surface area contributed by atoms with Gasteiger partial charge in [0, 0.05) is 57.7 Å². The first-order valence-corrected chi connectivity index (χ1v) is 13.8. The molecule has 0 bridgehead atoms. The summed E-state index contributed by atoms with van der Waals surface area (Å²) in [5, 5.41) is 3.10. The van der Waals surface area contributed by atoms with Crippen molar-refractivity contribution in [2.45, 2.75) is 44.3 Å². The lowest BCUT2D eigenvalue weighted by Crippen LogP contribution is -2.31. The molecule has 1 unspecified atom stereocenters. The van der Waals surface area contributed by atoms with Crippen molar-refractivity contribution in [2.24, 2.45) is 5.18 Å². The maximum atomic E-state index is 14.2. The quantitative estimate of drug-likeness (QED) is 0.155. The Hall–Kier alpha value is -2.71. The van der Waals surface area contributed by atoms with Gasteiger partial charge in [-0.2, -0.15) is 0 Å². The summed E-state index contributed by atoms with van der Waals surface area (Å²) in [5.41, 5.74) is 2.92. The fraction of sp³-hybridized carbons (Fsp3) is 0.419. The Balaban J connectivity index is 1.51. The van der Waals surface area contributed by atoms with Crippen molar-refractivity contribution in [3.8, 4) is 0 Å². The second kappa shape index (κ2) is 14.1. The molecule has 0 radical (unpaired) electrons. The van der Waals surface area contributed by atoms with E-state index < -0.39 is 5.92 Å². The Morgan fingerprint density at radius 2 is 1.72 bits per heavy atom. The monoisotopic (exact) mass is 555 g/mol. The normalized spacial score (nSPS) is 16.3. The van der Waals surface area contributed by atoms with Crippen molar-refractivity contribution in [1.29, 1.82) is 0 Å². The van der Waals surface area contributed by atoms with Crippen LogP contribution in [0.1, 0.15) is 47.9 Å². The topological polar surface area (TPSA) is 45.1 Å². The predicted molar refractivity (Wildman–Crippen MR) is 152 cm³/mol. The van der Waals surface area contributed by atoms with Gasteiger partial charge in [0.05, 0.1) is 11.1 Å². The average Bonchev–Trinajstić information content (AvgIpc) is 3.38. The summed E-state index contributed by atoms with van der Waals surface area (Å²) in [6.07, 6.45) is 1.76. The van der Waals surface area contributed by atoms with Crippen LogP contribution in [0.25, 0.3) is 0 Å². The van der Waals surface area contributed by atoms with Gasteiger partial charge in [0.15, 0.2) is 0 Å². The molecule has 1 fully saturated rings. The average molecular weight is 556 g/mol. The fourth-order valence-electron chi connectivity index (χ4n) is 5.23. The van der Waals surface area contributed by atoms with E-state index in [2.05, 4.69) is 34.3 Å². The molecule has 4 rings (SSSR count). The fourth-order valence-corrected chi connectivity index (χ4v) is 5.58. The van der Waals surface area contributed by atoms with Crippen LogP contribution < -0.4 is 0 Å². The van der Waals surface area contributed by atoms with E-state index in [1.807, 2.05) is 47.4 Å². The summed E-state index contributed by atoms with van der Waals surface area (Å²) >= 11 is 6.53. The van der Waals surface area contributed by atoms with E-state index in [1.54, 1.807) is 6.07 Å². The molecule has 1 saturated heterocycles. The number of hydrogen-bond donors (Lipinski definition) is 0. The number of nitroso groups, excluding NO2 is 1. The van der Waals surface area contributed by atoms with Crippen molar-refractivity contribution < 1.29 is 13.5 Å². The van der Waals surface area contributed by atoms with Gasteiger partial charge in [0.1, 0.15) is 6.67 Å². The highest BCUT2D eigenvalue weighted by atomic mass is 35.5. The molecular weight excluding hydrogens is 520 g/mol. The van der Waals surface area contributed by atoms with Crippen molar-refractivity contribution in [3.63, 3.8) is 0 Å². The van der Waals surface area contributed by atoms with Crippen molar-refractivity contribution in [1.82, 2.24) is 9.80 Å². The van der Waals surface area contributed by atoms with Gasteiger partial charge in [-0.15, -0.1) is 4.91 Å². The highest BCUT2D eigenvalue weighted by molar-refractivity contribution is 6.32. The van der Waals surface area contributed by atoms with E-state index in [4.69, 9.17) is 16.3 Å². The van der Waals surface area contributed by atoms with Crippen LogP contribution in [0, 0.1) is 4.91 Å². The molecule has 1 aliphatic rings. The van der Waals surface area contributed by atoms with Crippen molar-refractivity contribution in [2.75, 3.05) is 39.5 Å². The molecule has 0 amide bonds.